The number of nitrogens with two attached hydrogens (primary N) is 1. The van der Waals surface area contributed by atoms with Crippen LogP contribution in [0.4, 0.5) is 0 Å². The van der Waals surface area contributed by atoms with Crippen molar-refractivity contribution in [3.8, 4) is 0 Å². The molecule has 1 unspecified atom stereocenters. The summed E-state index contributed by atoms with van der Waals surface area (Å²) < 4.78 is 5.16. The van der Waals surface area contributed by atoms with Gasteiger partial charge in [0.25, 0.3) is 6.47 Å². The maximum Gasteiger partial charge on any atom is 0.290 e. The van der Waals surface area contributed by atoms with Crippen LogP contribution in [0.2, 0.25) is 0 Å². The number of likely N-dealkylation sites (tertiary alicyclic amines) is 1. The van der Waals surface area contributed by atoms with Gasteiger partial charge < -0.3 is 20.9 Å². The van der Waals surface area contributed by atoms with Crippen LogP contribution in [-0.4, -0.2) is 67.7 Å². The van der Waals surface area contributed by atoms with Crippen LogP contribution < -0.4 is 11.1 Å². The number of primary amides is 1. The number of rotatable bonds is 7. The fourth-order valence-electron chi connectivity index (χ4n) is 2.17. The van der Waals surface area contributed by atoms with Crippen LogP contribution in [0.25, 0.3) is 0 Å². The van der Waals surface area contributed by atoms with Crippen molar-refractivity contribution < 1.29 is 24.2 Å². The third kappa shape index (κ3) is 9.80. The number of carbonyl (C=O) groups is 3. The van der Waals surface area contributed by atoms with E-state index in [0.29, 0.717) is 26.3 Å². The summed E-state index contributed by atoms with van der Waals surface area (Å²) in [5, 5.41) is 9.74. The van der Waals surface area contributed by atoms with Crippen LogP contribution in [0.3, 0.4) is 0 Å². The van der Waals surface area contributed by atoms with E-state index in [1.807, 2.05) is 11.8 Å². The highest BCUT2D eigenvalue weighted by atomic mass is 16.5. The zero-order valence-corrected chi connectivity index (χ0v) is 12.4. The molecule has 1 aliphatic heterocycles. The SMILES string of the molecule is CCOCCNC(=O)C1CCCN(CC(N)=O)C1.O=CO. The van der Waals surface area contributed by atoms with Gasteiger partial charge in [0.05, 0.1) is 19.1 Å². The van der Waals surface area contributed by atoms with Gasteiger partial charge in [0.1, 0.15) is 0 Å². The van der Waals surface area contributed by atoms with E-state index in [4.69, 9.17) is 20.4 Å². The average Bonchev–Trinajstić information content (AvgIpc) is 2.44. The van der Waals surface area contributed by atoms with Crippen molar-refractivity contribution in [3.63, 3.8) is 0 Å². The molecule has 0 spiro atoms. The molecular weight excluding hydrogens is 278 g/mol. The van der Waals surface area contributed by atoms with Crippen molar-refractivity contribution in [1.29, 1.82) is 0 Å². The van der Waals surface area contributed by atoms with Crippen molar-refractivity contribution in [1.82, 2.24) is 10.2 Å². The lowest BCUT2D eigenvalue weighted by molar-refractivity contribution is -0.128. The van der Waals surface area contributed by atoms with Crippen LogP contribution in [-0.2, 0) is 19.1 Å². The highest BCUT2D eigenvalue weighted by Gasteiger charge is 2.25. The van der Waals surface area contributed by atoms with Gasteiger partial charge in [-0.25, -0.2) is 0 Å². The average molecular weight is 303 g/mol. The predicted octanol–water partition coefficient (Wildman–Crippen LogP) is -0.963. The minimum Gasteiger partial charge on any atom is -0.483 e. The molecule has 1 saturated heterocycles. The number of ether oxygens (including phenoxy) is 1. The van der Waals surface area contributed by atoms with E-state index in [1.165, 1.54) is 0 Å². The first kappa shape index (κ1) is 19.3. The summed E-state index contributed by atoms with van der Waals surface area (Å²) in [5.74, 6) is -0.337. The number of nitrogens with one attached hydrogen (secondary N) is 1. The molecule has 122 valence electrons. The molecule has 0 bridgehead atoms. The molecular formula is C13H25N3O5. The molecule has 1 aliphatic rings. The van der Waals surface area contributed by atoms with Crippen molar-refractivity contribution in [2.24, 2.45) is 11.7 Å². The van der Waals surface area contributed by atoms with E-state index in [-0.39, 0.29) is 30.7 Å². The summed E-state index contributed by atoms with van der Waals surface area (Å²) in [6.07, 6.45) is 1.80. The number of piperidine rings is 1. The van der Waals surface area contributed by atoms with Gasteiger partial charge in [0.15, 0.2) is 0 Å². The van der Waals surface area contributed by atoms with Crippen LogP contribution in [0.1, 0.15) is 19.8 Å². The topological polar surface area (TPSA) is 122 Å². The maximum absolute atomic E-state index is 11.9. The first-order valence-electron chi connectivity index (χ1n) is 6.99. The zero-order valence-electron chi connectivity index (χ0n) is 12.4. The van der Waals surface area contributed by atoms with E-state index in [9.17, 15) is 9.59 Å². The predicted molar refractivity (Wildman–Crippen MR) is 76.6 cm³/mol. The second kappa shape index (κ2) is 12.1. The Kier molecular flexibility index (Phi) is 11.1. The molecule has 1 atom stereocenters. The maximum atomic E-state index is 11.9. The van der Waals surface area contributed by atoms with E-state index in [1.54, 1.807) is 0 Å². The van der Waals surface area contributed by atoms with Crippen LogP contribution in [0, 0.1) is 5.92 Å². The molecule has 1 fully saturated rings. The lowest BCUT2D eigenvalue weighted by atomic mass is 9.97. The molecule has 21 heavy (non-hydrogen) atoms. The molecule has 0 aliphatic carbocycles. The lowest BCUT2D eigenvalue weighted by Crippen LogP contribution is -2.46. The number of carboxylic acid groups (broad SMARTS) is 1. The Morgan fingerprint density at radius 1 is 1.52 bits per heavy atom. The van der Waals surface area contributed by atoms with Gasteiger partial charge in [0, 0.05) is 19.7 Å². The van der Waals surface area contributed by atoms with Crippen LogP contribution in [0.5, 0.6) is 0 Å². The van der Waals surface area contributed by atoms with Gasteiger partial charge in [-0.3, -0.25) is 19.3 Å². The molecule has 1 rings (SSSR count). The Bertz CT molecular complexity index is 325. The molecule has 8 heteroatoms. The molecule has 4 N–H and O–H groups in total. The molecule has 0 aromatic heterocycles. The minimum atomic E-state index is -0.340. The number of carbonyl (C=O) groups excluding carboxylic acids is 2. The number of amides is 2. The Labute approximate surface area is 124 Å². The van der Waals surface area contributed by atoms with E-state index in [0.717, 1.165) is 19.4 Å². The van der Waals surface area contributed by atoms with Crippen molar-refractivity contribution in [2.75, 3.05) is 39.4 Å². The molecule has 8 nitrogen and oxygen atoms in total. The van der Waals surface area contributed by atoms with Gasteiger partial charge in [0.2, 0.25) is 11.8 Å². The Balaban J connectivity index is 0.00000122. The monoisotopic (exact) mass is 303 g/mol. The molecule has 0 saturated carbocycles. The number of nitrogens with zero attached hydrogens (tertiary/aromatic N) is 1. The van der Waals surface area contributed by atoms with Gasteiger partial charge in [-0.2, -0.15) is 0 Å². The largest absolute Gasteiger partial charge is 0.483 e. The lowest BCUT2D eigenvalue weighted by Gasteiger charge is -2.30. The zero-order chi connectivity index (χ0) is 16.1. The standard InChI is InChI=1S/C12H23N3O3.CH2O2/c1-2-18-7-5-14-12(17)10-4-3-6-15(8-10)9-11(13)16;2-1-3/h10H,2-9H2,1H3,(H2,13,16)(H,14,17);1H,(H,2,3). The molecule has 1 heterocycles. The Morgan fingerprint density at radius 3 is 2.76 bits per heavy atom. The van der Waals surface area contributed by atoms with Gasteiger partial charge in [-0.15, -0.1) is 0 Å². The number of hydrogen-bond donors (Lipinski definition) is 3. The third-order valence-corrected chi connectivity index (χ3v) is 3.01. The summed E-state index contributed by atoms with van der Waals surface area (Å²) in [5.41, 5.74) is 5.16. The van der Waals surface area contributed by atoms with E-state index in [2.05, 4.69) is 5.32 Å². The van der Waals surface area contributed by atoms with Gasteiger partial charge >= 0.3 is 0 Å². The first-order valence-corrected chi connectivity index (χ1v) is 6.99. The van der Waals surface area contributed by atoms with Crippen LogP contribution in [0.15, 0.2) is 0 Å². The summed E-state index contributed by atoms with van der Waals surface area (Å²) >= 11 is 0. The fraction of sp³-hybridized carbons (Fsp3) is 0.769. The third-order valence-electron chi connectivity index (χ3n) is 3.01. The first-order chi connectivity index (χ1) is 10.0. The van der Waals surface area contributed by atoms with Gasteiger partial charge in [-0.05, 0) is 26.3 Å². The second-order valence-electron chi connectivity index (χ2n) is 4.63. The summed E-state index contributed by atoms with van der Waals surface area (Å²) in [4.78, 5) is 33.0. The van der Waals surface area contributed by atoms with Crippen molar-refractivity contribution >= 4 is 18.3 Å². The second-order valence-corrected chi connectivity index (χ2v) is 4.63. The molecule has 0 aromatic carbocycles. The molecule has 0 radical (unpaired) electrons. The minimum absolute atomic E-state index is 0.0419. The van der Waals surface area contributed by atoms with E-state index < -0.39 is 0 Å². The quantitative estimate of drug-likeness (QED) is 0.411. The van der Waals surface area contributed by atoms with Crippen molar-refractivity contribution in [3.05, 3.63) is 0 Å². The summed E-state index contributed by atoms with van der Waals surface area (Å²) in [6, 6.07) is 0. The Morgan fingerprint density at radius 2 is 2.19 bits per heavy atom. The van der Waals surface area contributed by atoms with E-state index >= 15 is 0 Å². The van der Waals surface area contributed by atoms with Gasteiger partial charge in [-0.1, -0.05) is 0 Å². The van der Waals surface area contributed by atoms with Crippen molar-refractivity contribution in [2.45, 2.75) is 19.8 Å². The number of hydrogen-bond acceptors (Lipinski definition) is 5. The molecule has 2 amide bonds. The Hall–Kier alpha value is -1.67. The summed E-state index contributed by atoms with van der Waals surface area (Å²) in [6.45, 7) is 5.10. The smallest absolute Gasteiger partial charge is 0.290 e. The van der Waals surface area contributed by atoms with Crippen LogP contribution >= 0.6 is 0 Å². The highest BCUT2D eigenvalue weighted by Crippen LogP contribution is 2.16. The highest BCUT2D eigenvalue weighted by molar-refractivity contribution is 5.79. The fourth-order valence-corrected chi connectivity index (χ4v) is 2.17. The molecule has 0 aromatic rings. The summed E-state index contributed by atoms with van der Waals surface area (Å²) in [7, 11) is 0. The normalized spacial score (nSPS) is 18.2.